The SMILES string of the molecule is CCCCCC/C=C\C/C=C\CCCCCCCC(CCCCC)N(C)C. The maximum Gasteiger partial charge on any atom is 0.00891 e. The van der Waals surface area contributed by atoms with Crippen LogP contribution in [0.1, 0.15) is 123 Å². The fraction of sp³-hybridized carbons (Fsp3) is 0.846. The van der Waals surface area contributed by atoms with E-state index in [9.17, 15) is 0 Å². The highest BCUT2D eigenvalue weighted by atomic mass is 15.1. The molecular weight excluding hydrogens is 326 g/mol. The van der Waals surface area contributed by atoms with Gasteiger partial charge >= 0.3 is 0 Å². The van der Waals surface area contributed by atoms with E-state index in [-0.39, 0.29) is 0 Å². The molecule has 0 saturated heterocycles. The van der Waals surface area contributed by atoms with Crippen molar-refractivity contribution in [1.29, 1.82) is 0 Å². The number of unbranched alkanes of at least 4 members (excludes halogenated alkanes) is 11. The predicted octanol–water partition coefficient (Wildman–Crippen LogP) is 8.70. The van der Waals surface area contributed by atoms with Gasteiger partial charge in [-0.05, 0) is 59.0 Å². The van der Waals surface area contributed by atoms with Crippen LogP contribution in [0.15, 0.2) is 24.3 Å². The zero-order valence-corrected chi connectivity index (χ0v) is 19.4. The summed E-state index contributed by atoms with van der Waals surface area (Å²) in [7, 11) is 4.51. The Bertz CT molecular complexity index is 329. The van der Waals surface area contributed by atoms with Crippen LogP contribution >= 0.6 is 0 Å². The third kappa shape index (κ3) is 20.0. The largest absolute Gasteiger partial charge is 0.306 e. The molecule has 0 saturated carbocycles. The van der Waals surface area contributed by atoms with E-state index in [0.29, 0.717) is 0 Å². The van der Waals surface area contributed by atoms with Crippen molar-refractivity contribution in [2.75, 3.05) is 14.1 Å². The lowest BCUT2D eigenvalue weighted by Gasteiger charge is -2.24. The van der Waals surface area contributed by atoms with Crippen LogP contribution in [0, 0.1) is 0 Å². The summed E-state index contributed by atoms with van der Waals surface area (Å²) in [6, 6.07) is 0.805. The van der Waals surface area contributed by atoms with E-state index in [4.69, 9.17) is 0 Å². The third-order valence-electron chi connectivity index (χ3n) is 5.61. The highest BCUT2D eigenvalue weighted by Gasteiger charge is 2.10. The van der Waals surface area contributed by atoms with Gasteiger partial charge in [-0.25, -0.2) is 0 Å². The summed E-state index contributed by atoms with van der Waals surface area (Å²) in [5.41, 5.74) is 0. The molecule has 0 radical (unpaired) electrons. The maximum atomic E-state index is 2.44. The lowest BCUT2D eigenvalue weighted by molar-refractivity contribution is 0.252. The molecule has 0 aromatic carbocycles. The summed E-state index contributed by atoms with van der Waals surface area (Å²) in [6.45, 7) is 4.57. The monoisotopic (exact) mass is 377 g/mol. The molecule has 1 atom stereocenters. The van der Waals surface area contributed by atoms with Crippen molar-refractivity contribution in [1.82, 2.24) is 4.90 Å². The van der Waals surface area contributed by atoms with Gasteiger partial charge in [0.05, 0.1) is 0 Å². The van der Waals surface area contributed by atoms with Crippen molar-refractivity contribution in [2.45, 2.75) is 129 Å². The maximum absolute atomic E-state index is 2.44. The zero-order chi connectivity index (χ0) is 20.0. The Morgan fingerprint density at radius 1 is 0.556 bits per heavy atom. The number of hydrogen-bond acceptors (Lipinski definition) is 1. The quantitative estimate of drug-likeness (QED) is 0.151. The van der Waals surface area contributed by atoms with Crippen molar-refractivity contribution in [3.63, 3.8) is 0 Å². The summed E-state index contributed by atoms with van der Waals surface area (Å²) >= 11 is 0. The van der Waals surface area contributed by atoms with Crippen LogP contribution in [0.5, 0.6) is 0 Å². The molecule has 0 aliphatic rings. The Balaban J connectivity index is 3.43. The van der Waals surface area contributed by atoms with Gasteiger partial charge in [0, 0.05) is 6.04 Å². The average molecular weight is 378 g/mol. The average Bonchev–Trinajstić information content (AvgIpc) is 2.66. The van der Waals surface area contributed by atoms with E-state index < -0.39 is 0 Å². The molecule has 1 heteroatoms. The topological polar surface area (TPSA) is 3.24 Å². The minimum Gasteiger partial charge on any atom is -0.306 e. The smallest absolute Gasteiger partial charge is 0.00891 e. The number of hydrogen-bond donors (Lipinski definition) is 0. The fourth-order valence-electron chi connectivity index (χ4n) is 3.66. The molecule has 0 amide bonds. The van der Waals surface area contributed by atoms with Crippen LogP contribution in [0.4, 0.5) is 0 Å². The van der Waals surface area contributed by atoms with Crippen LogP contribution in [-0.4, -0.2) is 25.0 Å². The van der Waals surface area contributed by atoms with Gasteiger partial charge in [0.15, 0.2) is 0 Å². The second kappa shape index (κ2) is 21.7. The molecule has 1 nitrogen and oxygen atoms in total. The molecule has 0 fully saturated rings. The minimum atomic E-state index is 0.805. The molecule has 0 N–H and O–H groups in total. The molecule has 0 aliphatic carbocycles. The van der Waals surface area contributed by atoms with Gasteiger partial charge in [-0.15, -0.1) is 0 Å². The van der Waals surface area contributed by atoms with Crippen molar-refractivity contribution < 1.29 is 0 Å². The van der Waals surface area contributed by atoms with Crippen molar-refractivity contribution in [3.05, 3.63) is 24.3 Å². The molecule has 1 unspecified atom stereocenters. The first kappa shape index (κ1) is 26.4. The van der Waals surface area contributed by atoms with Gasteiger partial charge in [0.25, 0.3) is 0 Å². The Kier molecular flexibility index (Phi) is 21.3. The molecule has 0 aromatic heterocycles. The zero-order valence-electron chi connectivity index (χ0n) is 19.4. The van der Waals surface area contributed by atoms with Gasteiger partial charge in [0.2, 0.25) is 0 Å². The Labute approximate surface area is 172 Å². The van der Waals surface area contributed by atoms with E-state index in [1.807, 2.05) is 0 Å². The molecule has 0 aromatic rings. The van der Waals surface area contributed by atoms with Gasteiger partial charge in [0.1, 0.15) is 0 Å². The molecule has 0 heterocycles. The van der Waals surface area contributed by atoms with E-state index in [1.165, 1.54) is 103 Å². The standard InChI is InChI=1S/C26H51N/c1-5-7-9-10-11-12-13-14-15-16-17-18-19-20-21-23-25-26(27(3)4)24-22-8-6-2/h12-13,15-16,26H,5-11,14,17-25H2,1-4H3/b13-12-,16-15-. The molecule has 0 spiro atoms. The first-order valence-electron chi connectivity index (χ1n) is 12.2. The molecule has 0 rings (SSSR count). The van der Waals surface area contributed by atoms with Crippen LogP contribution in [0.3, 0.4) is 0 Å². The van der Waals surface area contributed by atoms with Crippen LogP contribution in [0.25, 0.3) is 0 Å². The predicted molar refractivity (Wildman–Crippen MR) is 126 cm³/mol. The minimum absolute atomic E-state index is 0.805. The van der Waals surface area contributed by atoms with Crippen molar-refractivity contribution in [3.8, 4) is 0 Å². The van der Waals surface area contributed by atoms with Crippen molar-refractivity contribution in [2.24, 2.45) is 0 Å². The summed E-state index contributed by atoms with van der Waals surface area (Å²) in [5.74, 6) is 0. The van der Waals surface area contributed by atoms with Crippen LogP contribution in [-0.2, 0) is 0 Å². The summed E-state index contributed by atoms with van der Waals surface area (Å²) < 4.78 is 0. The van der Waals surface area contributed by atoms with Crippen LogP contribution < -0.4 is 0 Å². The molecule has 0 bridgehead atoms. The molecule has 27 heavy (non-hydrogen) atoms. The Morgan fingerprint density at radius 2 is 1.00 bits per heavy atom. The Morgan fingerprint density at radius 3 is 1.56 bits per heavy atom. The summed E-state index contributed by atoms with van der Waals surface area (Å²) in [6.07, 6.45) is 32.5. The Hall–Kier alpha value is -0.560. The molecule has 0 aliphatic heterocycles. The van der Waals surface area contributed by atoms with E-state index in [0.717, 1.165) is 12.5 Å². The first-order chi connectivity index (χ1) is 13.2. The number of nitrogens with zero attached hydrogens (tertiary/aromatic N) is 1. The third-order valence-corrected chi connectivity index (χ3v) is 5.61. The summed E-state index contributed by atoms with van der Waals surface area (Å²) in [5, 5.41) is 0. The first-order valence-corrected chi connectivity index (χ1v) is 12.2. The van der Waals surface area contributed by atoms with Gasteiger partial charge in [-0.2, -0.15) is 0 Å². The van der Waals surface area contributed by atoms with Crippen LogP contribution in [0.2, 0.25) is 0 Å². The highest BCUT2D eigenvalue weighted by Crippen LogP contribution is 2.16. The molecular formula is C26H51N. The van der Waals surface area contributed by atoms with Crippen molar-refractivity contribution >= 4 is 0 Å². The second-order valence-corrected chi connectivity index (χ2v) is 8.49. The number of allylic oxidation sites excluding steroid dienone is 4. The molecule has 160 valence electrons. The van der Waals surface area contributed by atoms with Gasteiger partial charge in [-0.1, -0.05) is 102 Å². The second-order valence-electron chi connectivity index (χ2n) is 8.49. The highest BCUT2D eigenvalue weighted by molar-refractivity contribution is 4.92. The van der Waals surface area contributed by atoms with Gasteiger partial charge in [-0.3, -0.25) is 0 Å². The van der Waals surface area contributed by atoms with Gasteiger partial charge < -0.3 is 4.90 Å². The number of rotatable bonds is 20. The lowest BCUT2D eigenvalue weighted by Crippen LogP contribution is -2.27. The fourth-order valence-corrected chi connectivity index (χ4v) is 3.66. The summed E-state index contributed by atoms with van der Waals surface area (Å²) in [4.78, 5) is 2.44. The lowest BCUT2D eigenvalue weighted by atomic mass is 10.00. The van der Waals surface area contributed by atoms with E-state index >= 15 is 0 Å². The van der Waals surface area contributed by atoms with E-state index in [2.05, 4.69) is 57.1 Å². The van der Waals surface area contributed by atoms with E-state index in [1.54, 1.807) is 0 Å². The normalized spacial score (nSPS) is 13.4.